The number of hydrogen-bond donors (Lipinski definition) is 2. The van der Waals surface area contributed by atoms with Crippen LogP contribution < -0.4 is 0 Å². The average Bonchev–Trinajstić information content (AvgIpc) is 2.62. The number of allylic oxidation sites excluding steroid dienone is 2. The van der Waals surface area contributed by atoms with Crippen LogP contribution >= 0.6 is 0 Å². The molecule has 3 heteroatoms. The van der Waals surface area contributed by atoms with Gasteiger partial charge in [0.2, 0.25) is 0 Å². The lowest BCUT2D eigenvalue weighted by Gasteiger charge is -2.59. The lowest BCUT2D eigenvalue weighted by atomic mass is 9.45. The summed E-state index contributed by atoms with van der Waals surface area (Å²) >= 11 is 0. The zero-order valence-corrected chi connectivity index (χ0v) is 18.2. The van der Waals surface area contributed by atoms with E-state index in [1.54, 1.807) is 0 Å². The maximum Gasteiger partial charge on any atom is 0.123 e. The van der Waals surface area contributed by atoms with Crippen molar-refractivity contribution in [3.05, 3.63) is 34.9 Å². The van der Waals surface area contributed by atoms with Gasteiger partial charge in [-0.1, -0.05) is 44.8 Å². The molecule has 0 amide bonds. The molecule has 5 rings (SSSR count). The number of phenolic OH excluding ortho intramolecular Hbond substituents is 2. The second kappa shape index (κ2) is 7.38. The van der Waals surface area contributed by atoms with E-state index in [0.29, 0.717) is 18.3 Å². The summed E-state index contributed by atoms with van der Waals surface area (Å²) in [4.78, 5) is 0. The van der Waals surface area contributed by atoms with Gasteiger partial charge in [0, 0.05) is 17.9 Å². The summed E-state index contributed by atoms with van der Waals surface area (Å²) < 4.78 is 0. The van der Waals surface area contributed by atoms with Gasteiger partial charge in [0.15, 0.2) is 0 Å². The maximum atomic E-state index is 11.0. The Morgan fingerprint density at radius 1 is 1.10 bits per heavy atom. The third kappa shape index (κ3) is 3.25. The van der Waals surface area contributed by atoms with Crippen molar-refractivity contribution in [2.24, 2.45) is 17.3 Å². The van der Waals surface area contributed by atoms with E-state index >= 15 is 0 Å². The maximum absolute atomic E-state index is 11.0. The third-order valence-electron chi connectivity index (χ3n) is 8.61. The van der Waals surface area contributed by atoms with Crippen molar-refractivity contribution >= 4 is 0 Å². The van der Waals surface area contributed by atoms with Gasteiger partial charge in [0.05, 0.1) is 6.07 Å². The number of phenols is 2. The Kier molecular flexibility index (Phi) is 5.18. The highest BCUT2D eigenvalue weighted by Gasteiger charge is 2.55. The summed E-state index contributed by atoms with van der Waals surface area (Å²) in [6.45, 7) is 6.86. The number of benzene rings is 1. The van der Waals surface area contributed by atoms with E-state index in [1.165, 1.54) is 12.0 Å². The summed E-state index contributed by atoms with van der Waals surface area (Å²) in [5.41, 5.74) is 3.56. The lowest BCUT2D eigenvalue weighted by molar-refractivity contribution is -0.0198. The molecule has 29 heavy (non-hydrogen) atoms. The first-order valence-electron chi connectivity index (χ1n) is 11.4. The fraction of sp³-hybridized carbons (Fsp3) is 0.654. The molecule has 2 bridgehead atoms. The van der Waals surface area contributed by atoms with Crippen LogP contribution in [0.25, 0.3) is 0 Å². The molecular weight excluding hydrogens is 358 g/mol. The molecule has 0 aliphatic heterocycles. The molecule has 2 fully saturated rings. The number of unbranched alkanes of at least 4 members (excludes halogenated alkanes) is 3. The highest BCUT2D eigenvalue weighted by molar-refractivity contribution is 5.54. The van der Waals surface area contributed by atoms with Crippen molar-refractivity contribution in [1.82, 2.24) is 0 Å². The molecule has 1 aromatic rings. The van der Waals surface area contributed by atoms with E-state index in [1.807, 2.05) is 12.1 Å². The van der Waals surface area contributed by atoms with Crippen LogP contribution in [0.15, 0.2) is 23.8 Å². The Morgan fingerprint density at radius 2 is 1.79 bits per heavy atom. The molecule has 1 aromatic carbocycles. The fourth-order valence-corrected chi connectivity index (χ4v) is 6.54. The highest BCUT2D eigenvalue weighted by atomic mass is 16.3. The summed E-state index contributed by atoms with van der Waals surface area (Å²) in [6.07, 6.45) is 11.8. The highest BCUT2D eigenvalue weighted by Crippen LogP contribution is 2.65. The Morgan fingerprint density at radius 3 is 2.31 bits per heavy atom. The quantitative estimate of drug-likeness (QED) is 0.400. The summed E-state index contributed by atoms with van der Waals surface area (Å²) in [7, 11) is 0. The summed E-state index contributed by atoms with van der Waals surface area (Å²) in [6, 6.07) is 6.12. The van der Waals surface area contributed by atoms with Gasteiger partial charge >= 0.3 is 0 Å². The van der Waals surface area contributed by atoms with Gasteiger partial charge < -0.3 is 10.2 Å². The molecule has 4 aliphatic carbocycles. The van der Waals surface area contributed by atoms with E-state index < -0.39 is 0 Å². The first-order valence-corrected chi connectivity index (χ1v) is 11.4. The van der Waals surface area contributed by atoms with Crippen LogP contribution in [0, 0.1) is 28.6 Å². The number of hydrogen-bond acceptors (Lipinski definition) is 3. The van der Waals surface area contributed by atoms with Gasteiger partial charge in [-0.15, -0.1) is 0 Å². The van der Waals surface area contributed by atoms with Crippen LogP contribution in [0.1, 0.15) is 95.6 Å². The van der Waals surface area contributed by atoms with Crippen LogP contribution in [0.3, 0.4) is 0 Å². The molecular formula is C26H35NO2. The van der Waals surface area contributed by atoms with Crippen LogP contribution in [0.5, 0.6) is 11.5 Å². The monoisotopic (exact) mass is 393 g/mol. The minimum atomic E-state index is 0.0965. The van der Waals surface area contributed by atoms with E-state index in [2.05, 4.69) is 32.9 Å². The lowest BCUT2D eigenvalue weighted by Crippen LogP contribution is -2.50. The Bertz CT molecular complexity index is 833. The molecule has 3 atom stereocenters. The summed E-state index contributed by atoms with van der Waals surface area (Å²) in [5.74, 6) is 1.77. The molecule has 0 saturated heterocycles. The molecule has 2 saturated carbocycles. The second-order valence-corrected chi connectivity index (χ2v) is 10.4. The average molecular weight is 394 g/mol. The first-order chi connectivity index (χ1) is 13.8. The minimum Gasteiger partial charge on any atom is -0.507 e. The molecule has 0 unspecified atom stereocenters. The first kappa shape index (κ1) is 20.3. The van der Waals surface area contributed by atoms with Crippen molar-refractivity contribution in [1.29, 1.82) is 5.26 Å². The Balaban J connectivity index is 1.58. The van der Waals surface area contributed by atoms with Crippen LogP contribution in [0.2, 0.25) is 0 Å². The van der Waals surface area contributed by atoms with Crippen molar-refractivity contribution in [2.75, 3.05) is 0 Å². The Labute approximate surface area is 175 Å². The SMILES string of the molecule is CC1=C[C@H](c2c(O)cc(C3(CCCCCC#N)CCC3)cc2O)[C@@H]2C[C@H]1C2(C)C. The standard InChI is InChI=1S/C26H35NO2/c1-17-13-19(21-16-20(17)25(21,2)3)24-22(28)14-18(15-23(24)29)26(10-8-11-26)9-6-4-5-7-12-27/h13-15,19-21,28-29H,4-11,16H2,1-3H3/t19-,20+,21-/m0/s1. The number of nitriles is 1. The van der Waals surface area contributed by atoms with Crippen LogP contribution in [0.4, 0.5) is 0 Å². The molecule has 0 aromatic heterocycles. The number of rotatable bonds is 7. The smallest absolute Gasteiger partial charge is 0.123 e. The van der Waals surface area contributed by atoms with Crippen molar-refractivity contribution in [3.8, 4) is 17.6 Å². The van der Waals surface area contributed by atoms with E-state index in [-0.39, 0.29) is 28.2 Å². The number of fused-ring (bicyclic) bond motifs is 1. The van der Waals surface area contributed by atoms with Crippen molar-refractivity contribution in [3.63, 3.8) is 0 Å². The predicted octanol–water partition coefficient (Wildman–Crippen LogP) is 6.70. The molecule has 3 nitrogen and oxygen atoms in total. The molecule has 156 valence electrons. The van der Waals surface area contributed by atoms with Gasteiger partial charge in [-0.25, -0.2) is 0 Å². The topological polar surface area (TPSA) is 64.2 Å². The van der Waals surface area contributed by atoms with Crippen molar-refractivity contribution in [2.45, 2.75) is 89.9 Å². The van der Waals surface area contributed by atoms with E-state index in [4.69, 9.17) is 5.26 Å². The normalized spacial score (nSPS) is 28.6. The van der Waals surface area contributed by atoms with Crippen molar-refractivity contribution < 1.29 is 10.2 Å². The number of nitrogens with zero attached hydrogens (tertiary/aromatic N) is 1. The Hall–Kier alpha value is -1.95. The van der Waals surface area contributed by atoms with Gasteiger partial charge in [0.25, 0.3) is 0 Å². The van der Waals surface area contributed by atoms with Gasteiger partial charge in [-0.2, -0.15) is 5.26 Å². The minimum absolute atomic E-state index is 0.0965. The molecule has 2 N–H and O–H groups in total. The third-order valence-corrected chi connectivity index (χ3v) is 8.61. The zero-order chi connectivity index (χ0) is 20.8. The predicted molar refractivity (Wildman–Crippen MR) is 116 cm³/mol. The van der Waals surface area contributed by atoms with Crippen LogP contribution in [-0.2, 0) is 5.41 Å². The fourth-order valence-electron chi connectivity index (χ4n) is 6.54. The molecule has 0 radical (unpaired) electrons. The largest absolute Gasteiger partial charge is 0.507 e. The molecule has 0 spiro atoms. The van der Waals surface area contributed by atoms with E-state index in [0.717, 1.165) is 56.1 Å². The van der Waals surface area contributed by atoms with Gasteiger partial charge in [-0.3, -0.25) is 0 Å². The summed E-state index contributed by atoms with van der Waals surface area (Å²) in [5, 5.41) is 30.7. The zero-order valence-electron chi connectivity index (χ0n) is 18.2. The number of aromatic hydroxyl groups is 2. The van der Waals surface area contributed by atoms with Gasteiger partial charge in [-0.05, 0) is 79.4 Å². The van der Waals surface area contributed by atoms with Crippen LogP contribution in [-0.4, -0.2) is 10.2 Å². The second-order valence-electron chi connectivity index (χ2n) is 10.4. The van der Waals surface area contributed by atoms with Gasteiger partial charge in [0.1, 0.15) is 11.5 Å². The van der Waals surface area contributed by atoms with E-state index in [9.17, 15) is 10.2 Å². The molecule has 0 heterocycles. The molecule has 4 aliphatic rings.